The highest BCUT2D eigenvalue weighted by Gasteiger charge is 2.16. The second-order valence-electron chi connectivity index (χ2n) is 5.20. The van der Waals surface area contributed by atoms with Crippen molar-refractivity contribution in [3.05, 3.63) is 64.5 Å². The van der Waals surface area contributed by atoms with Crippen LogP contribution in [0.25, 0.3) is 0 Å². The SMILES string of the molecule is Cc1cc(C)c(C(CO)Nc2cccc(F)c2)c(C)c1. The molecule has 2 aromatic carbocycles. The third kappa shape index (κ3) is 3.17. The van der Waals surface area contributed by atoms with Gasteiger partial charge in [-0.15, -0.1) is 0 Å². The van der Waals surface area contributed by atoms with Gasteiger partial charge in [0.25, 0.3) is 0 Å². The Morgan fingerprint density at radius 1 is 1.10 bits per heavy atom. The summed E-state index contributed by atoms with van der Waals surface area (Å²) in [7, 11) is 0. The molecular weight excluding hydrogens is 253 g/mol. The largest absolute Gasteiger partial charge is 0.394 e. The summed E-state index contributed by atoms with van der Waals surface area (Å²) >= 11 is 0. The number of benzene rings is 2. The van der Waals surface area contributed by atoms with Gasteiger partial charge in [0.15, 0.2) is 0 Å². The molecule has 0 aliphatic heterocycles. The molecule has 0 saturated heterocycles. The van der Waals surface area contributed by atoms with Crippen LogP contribution >= 0.6 is 0 Å². The average Bonchev–Trinajstić information content (AvgIpc) is 2.36. The lowest BCUT2D eigenvalue weighted by Gasteiger charge is -2.22. The molecule has 0 aromatic heterocycles. The zero-order valence-electron chi connectivity index (χ0n) is 12.1. The second kappa shape index (κ2) is 6.06. The molecule has 0 heterocycles. The van der Waals surface area contributed by atoms with Gasteiger partial charge in [-0.3, -0.25) is 0 Å². The molecular formula is C17H20FNO. The molecule has 0 aliphatic rings. The number of aliphatic hydroxyl groups is 1. The lowest BCUT2D eigenvalue weighted by molar-refractivity contribution is 0.275. The van der Waals surface area contributed by atoms with Crippen molar-refractivity contribution < 1.29 is 9.50 Å². The summed E-state index contributed by atoms with van der Waals surface area (Å²) in [6.07, 6.45) is 0. The van der Waals surface area contributed by atoms with Crippen LogP contribution < -0.4 is 5.32 Å². The quantitative estimate of drug-likeness (QED) is 0.885. The lowest BCUT2D eigenvalue weighted by atomic mass is 9.94. The van der Waals surface area contributed by atoms with Crippen LogP contribution in [0, 0.1) is 26.6 Å². The first kappa shape index (κ1) is 14.5. The van der Waals surface area contributed by atoms with Crippen LogP contribution in [0.15, 0.2) is 36.4 Å². The van der Waals surface area contributed by atoms with E-state index in [0.29, 0.717) is 5.69 Å². The van der Waals surface area contributed by atoms with Crippen molar-refractivity contribution >= 4 is 5.69 Å². The number of hydrogen-bond acceptors (Lipinski definition) is 2. The summed E-state index contributed by atoms with van der Waals surface area (Å²) in [6, 6.07) is 10.2. The fourth-order valence-electron chi connectivity index (χ4n) is 2.73. The van der Waals surface area contributed by atoms with Gasteiger partial charge in [0.05, 0.1) is 12.6 Å². The number of nitrogens with one attached hydrogen (secondary N) is 1. The molecule has 0 spiro atoms. The second-order valence-corrected chi connectivity index (χ2v) is 5.20. The zero-order chi connectivity index (χ0) is 14.7. The molecule has 1 atom stereocenters. The number of hydrogen-bond donors (Lipinski definition) is 2. The Kier molecular flexibility index (Phi) is 4.40. The standard InChI is InChI=1S/C17H20FNO/c1-11-7-12(2)17(13(3)8-11)16(10-20)19-15-6-4-5-14(18)9-15/h4-9,16,19-20H,10H2,1-3H3. The molecule has 0 amide bonds. The highest BCUT2D eigenvalue weighted by molar-refractivity contribution is 5.49. The summed E-state index contributed by atoms with van der Waals surface area (Å²) in [5.74, 6) is -0.288. The maximum atomic E-state index is 13.2. The van der Waals surface area contributed by atoms with Crippen LogP contribution in [0.5, 0.6) is 0 Å². The van der Waals surface area contributed by atoms with E-state index >= 15 is 0 Å². The third-order valence-corrected chi connectivity index (χ3v) is 3.43. The maximum Gasteiger partial charge on any atom is 0.125 e. The lowest BCUT2D eigenvalue weighted by Crippen LogP contribution is -2.17. The predicted octanol–water partition coefficient (Wildman–Crippen LogP) is 3.90. The minimum Gasteiger partial charge on any atom is -0.394 e. The maximum absolute atomic E-state index is 13.2. The molecule has 2 N–H and O–H groups in total. The average molecular weight is 273 g/mol. The molecule has 0 fully saturated rings. The van der Waals surface area contributed by atoms with E-state index in [1.54, 1.807) is 12.1 Å². The van der Waals surface area contributed by atoms with Gasteiger partial charge in [0.2, 0.25) is 0 Å². The van der Waals surface area contributed by atoms with Gasteiger partial charge in [-0.2, -0.15) is 0 Å². The molecule has 2 nitrogen and oxygen atoms in total. The molecule has 0 aliphatic carbocycles. The van der Waals surface area contributed by atoms with Gasteiger partial charge in [-0.1, -0.05) is 23.8 Å². The van der Waals surface area contributed by atoms with Gasteiger partial charge in [-0.25, -0.2) is 4.39 Å². The molecule has 20 heavy (non-hydrogen) atoms. The van der Waals surface area contributed by atoms with E-state index in [1.165, 1.54) is 17.7 Å². The van der Waals surface area contributed by atoms with Crippen molar-refractivity contribution in [2.24, 2.45) is 0 Å². The third-order valence-electron chi connectivity index (χ3n) is 3.43. The van der Waals surface area contributed by atoms with E-state index in [2.05, 4.69) is 24.4 Å². The van der Waals surface area contributed by atoms with Crippen LogP contribution in [-0.4, -0.2) is 11.7 Å². The number of aryl methyl sites for hydroxylation is 3. The van der Waals surface area contributed by atoms with Crippen molar-refractivity contribution in [3.8, 4) is 0 Å². The van der Waals surface area contributed by atoms with Crippen molar-refractivity contribution in [1.82, 2.24) is 0 Å². The fraction of sp³-hybridized carbons (Fsp3) is 0.294. The van der Waals surface area contributed by atoms with Crippen molar-refractivity contribution in [1.29, 1.82) is 0 Å². The first-order valence-electron chi connectivity index (χ1n) is 6.72. The Morgan fingerprint density at radius 2 is 1.75 bits per heavy atom. The Labute approximate surface area is 119 Å². The van der Waals surface area contributed by atoms with Crippen LogP contribution in [0.1, 0.15) is 28.3 Å². The summed E-state index contributed by atoms with van der Waals surface area (Å²) in [6.45, 7) is 6.08. The van der Waals surface area contributed by atoms with E-state index in [0.717, 1.165) is 16.7 Å². The predicted molar refractivity (Wildman–Crippen MR) is 80.5 cm³/mol. The molecule has 106 valence electrons. The zero-order valence-corrected chi connectivity index (χ0v) is 12.1. The van der Waals surface area contributed by atoms with Crippen LogP contribution in [0.2, 0.25) is 0 Å². The summed E-state index contributed by atoms with van der Waals surface area (Å²) in [5, 5.41) is 12.9. The molecule has 2 rings (SSSR count). The van der Waals surface area contributed by atoms with Gasteiger partial charge >= 0.3 is 0 Å². The summed E-state index contributed by atoms with van der Waals surface area (Å²) in [5.41, 5.74) is 5.20. The molecule has 1 unspecified atom stereocenters. The van der Waals surface area contributed by atoms with Gasteiger partial charge in [0.1, 0.15) is 5.82 Å². The first-order chi connectivity index (χ1) is 9.51. The van der Waals surface area contributed by atoms with Crippen molar-refractivity contribution in [2.45, 2.75) is 26.8 Å². The molecule has 0 saturated carbocycles. The van der Waals surface area contributed by atoms with E-state index in [4.69, 9.17) is 0 Å². The first-order valence-corrected chi connectivity index (χ1v) is 6.72. The minimum atomic E-state index is -0.288. The number of aliphatic hydroxyl groups excluding tert-OH is 1. The summed E-state index contributed by atoms with van der Waals surface area (Å²) < 4.78 is 13.2. The summed E-state index contributed by atoms with van der Waals surface area (Å²) in [4.78, 5) is 0. The van der Waals surface area contributed by atoms with Crippen LogP contribution in [0.4, 0.5) is 10.1 Å². The Hall–Kier alpha value is -1.87. The van der Waals surface area contributed by atoms with Crippen molar-refractivity contribution in [3.63, 3.8) is 0 Å². The topological polar surface area (TPSA) is 32.3 Å². The number of anilines is 1. The van der Waals surface area contributed by atoms with Crippen LogP contribution in [-0.2, 0) is 0 Å². The minimum absolute atomic E-state index is 0.0404. The Morgan fingerprint density at radius 3 is 2.30 bits per heavy atom. The molecule has 0 bridgehead atoms. The molecule has 3 heteroatoms. The molecule has 0 radical (unpaired) electrons. The van der Waals surface area contributed by atoms with E-state index < -0.39 is 0 Å². The monoisotopic (exact) mass is 273 g/mol. The Bertz CT molecular complexity index is 587. The smallest absolute Gasteiger partial charge is 0.125 e. The van der Waals surface area contributed by atoms with E-state index in [-0.39, 0.29) is 18.5 Å². The normalized spacial score (nSPS) is 12.2. The van der Waals surface area contributed by atoms with E-state index in [1.807, 2.05) is 13.8 Å². The van der Waals surface area contributed by atoms with Gasteiger partial charge in [0, 0.05) is 5.69 Å². The highest BCUT2D eigenvalue weighted by atomic mass is 19.1. The molecule has 2 aromatic rings. The van der Waals surface area contributed by atoms with Crippen LogP contribution in [0.3, 0.4) is 0 Å². The van der Waals surface area contributed by atoms with E-state index in [9.17, 15) is 9.50 Å². The van der Waals surface area contributed by atoms with Gasteiger partial charge in [-0.05, 0) is 55.7 Å². The Balaban J connectivity index is 2.34. The number of rotatable bonds is 4. The van der Waals surface area contributed by atoms with Crippen molar-refractivity contribution in [2.75, 3.05) is 11.9 Å². The number of halogens is 1. The van der Waals surface area contributed by atoms with Gasteiger partial charge < -0.3 is 10.4 Å². The highest BCUT2D eigenvalue weighted by Crippen LogP contribution is 2.26. The fourth-order valence-corrected chi connectivity index (χ4v) is 2.73.